The van der Waals surface area contributed by atoms with Crippen molar-refractivity contribution in [3.63, 3.8) is 0 Å². The number of likely N-dealkylation sites (tertiary alicyclic amines) is 9. The monoisotopic (exact) mass is 1770 g/mol. The molecule has 9 aliphatic heterocycles. The van der Waals surface area contributed by atoms with Crippen molar-refractivity contribution in [2.45, 2.75) is 461 Å². The van der Waals surface area contributed by atoms with Gasteiger partial charge in [0.2, 0.25) is 0 Å². The first-order chi connectivity index (χ1) is 61.5. The molecule has 0 spiro atoms. The fourth-order valence-electron chi connectivity index (χ4n) is 25.7. The van der Waals surface area contributed by atoms with Gasteiger partial charge in [0.25, 0.3) is 0 Å². The number of hydrogen-bond acceptors (Lipinski definition) is 18. The molecule has 126 heavy (non-hydrogen) atoms. The maximum absolute atomic E-state index is 5.45. The highest BCUT2D eigenvalue weighted by atomic mass is 16.5. The van der Waals surface area contributed by atoms with Crippen LogP contribution in [0.5, 0.6) is 0 Å². The molecule has 18 nitrogen and oxygen atoms in total. The third-order valence-electron chi connectivity index (χ3n) is 36.9. The topological polar surface area (TPSA) is 112 Å². The molecule has 9 atom stereocenters. The van der Waals surface area contributed by atoms with Gasteiger partial charge in [-0.1, -0.05) is 120 Å². The minimum absolute atomic E-state index is 0.541. The zero-order valence-electron chi connectivity index (χ0n) is 85.8. The standard InChI is InChI=1S/C14H27NO.2C13H25NO.3C12H23NO.2C11H21NO.C10H19NO/c1-3-12-8-10-15(11-9-12)13-4-6-14(16-2)7-5-13;1-3-11-8-9-14(10-11)12-4-6-13(15-2)7-5-12;1-3-11-6-8-14(9-7-11)12-4-5-13(10-12)15-2;1-3-10-8-13(9-10)11-4-6-12(14-2)7-5-11;1-3-10-4-6-13(7-5-10)11-8-12(9-11)14-2;1-3-10-6-7-13(9-10)11-4-5-12(8-11)14-2;1-3-9-7-12(8-9)10-4-5-11(6-10)13-2;1-3-9-4-5-12(8-9)10-6-11(7-10)13-2;1-3-8-6-11(7-8)9-4-10(5-9)12-2/h12-14H,3-11H2,1-2H3;2*11-13H,3-10H2,1-2H3;3*10-12H,3-9H2,1-2H3;2*9-11H,3-8H2,1-2H3;8-10H,3-7H2,1-2H3. The van der Waals surface area contributed by atoms with E-state index in [1.807, 2.05) is 64.0 Å². The van der Waals surface area contributed by atoms with Crippen molar-refractivity contribution in [3.05, 3.63) is 0 Å². The Balaban J connectivity index is 0.000000148. The highest BCUT2D eigenvalue weighted by Crippen LogP contribution is 2.40. The molecule has 0 amide bonds. The largest absolute Gasteiger partial charge is 0.381 e. The number of piperidine rings is 3. The summed E-state index contributed by atoms with van der Waals surface area (Å²) in [5.41, 5.74) is 0. The van der Waals surface area contributed by atoms with E-state index in [0.29, 0.717) is 54.9 Å². The maximum Gasteiger partial charge on any atom is 0.0601 e. The Hall–Kier alpha value is -0.720. The van der Waals surface area contributed by atoms with Crippen LogP contribution in [0.1, 0.15) is 351 Å². The number of rotatable bonds is 27. The minimum atomic E-state index is 0.541. The third-order valence-corrected chi connectivity index (χ3v) is 36.9. The van der Waals surface area contributed by atoms with E-state index in [1.54, 1.807) is 0 Å². The Kier molecular flexibility index (Phi) is 50.1. The number of nitrogens with zero attached hydrogens (tertiary/aromatic N) is 9. The Morgan fingerprint density at radius 3 is 0.571 bits per heavy atom. The van der Waals surface area contributed by atoms with Crippen molar-refractivity contribution >= 4 is 0 Å². The van der Waals surface area contributed by atoms with Gasteiger partial charge in [-0.15, -0.1) is 0 Å². The van der Waals surface area contributed by atoms with E-state index in [0.717, 1.165) is 108 Å². The van der Waals surface area contributed by atoms with Crippen molar-refractivity contribution in [2.75, 3.05) is 182 Å². The molecule has 738 valence electrons. The van der Waals surface area contributed by atoms with Gasteiger partial charge in [-0.3, -0.25) is 19.6 Å². The van der Waals surface area contributed by atoms with Crippen molar-refractivity contribution in [1.82, 2.24) is 44.1 Å². The van der Waals surface area contributed by atoms with Gasteiger partial charge in [-0.2, -0.15) is 0 Å². The first-order valence-electron chi connectivity index (χ1n) is 54.9. The zero-order chi connectivity index (χ0) is 89.7. The summed E-state index contributed by atoms with van der Waals surface area (Å²) < 4.78 is 48.4. The van der Waals surface area contributed by atoms with E-state index in [4.69, 9.17) is 42.6 Å². The summed E-state index contributed by atoms with van der Waals surface area (Å²) in [4.78, 5) is 24.2. The van der Waals surface area contributed by atoms with Gasteiger partial charge in [0.15, 0.2) is 0 Å². The second-order valence-electron chi connectivity index (χ2n) is 43.9. The molecule has 0 aromatic rings. The summed E-state index contributed by atoms with van der Waals surface area (Å²) in [5, 5.41) is 0. The van der Waals surface area contributed by atoms with Crippen molar-refractivity contribution in [1.29, 1.82) is 0 Å². The normalized spacial score (nSPS) is 36.9. The summed E-state index contributed by atoms with van der Waals surface area (Å²) in [5.74, 6) is 8.91. The molecule has 9 heterocycles. The van der Waals surface area contributed by atoms with Gasteiger partial charge in [0.05, 0.1) is 54.9 Å². The summed E-state index contributed by atoms with van der Waals surface area (Å²) in [6.45, 7) is 45.0. The van der Waals surface area contributed by atoms with E-state index in [-0.39, 0.29) is 0 Å². The van der Waals surface area contributed by atoms with E-state index in [2.05, 4.69) is 106 Å². The first-order valence-corrected chi connectivity index (χ1v) is 54.9. The smallest absolute Gasteiger partial charge is 0.0601 e. The van der Waals surface area contributed by atoms with E-state index in [1.165, 1.54) is 407 Å². The molecular formula is C108H207N9O9. The molecule has 18 heteroatoms. The number of hydrogen-bond donors (Lipinski definition) is 0. The predicted molar refractivity (Wildman–Crippen MR) is 526 cm³/mol. The second kappa shape index (κ2) is 58.8. The molecule has 18 fully saturated rings. The lowest BCUT2D eigenvalue weighted by molar-refractivity contribution is -0.0647. The summed E-state index contributed by atoms with van der Waals surface area (Å²) in [6.07, 6.45) is 65.2. The van der Waals surface area contributed by atoms with Gasteiger partial charge in [-0.05, 0) is 343 Å². The molecule has 0 radical (unpaired) electrons. The van der Waals surface area contributed by atoms with Crippen LogP contribution in [0.4, 0.5) is 0 Å². The second-order valence-corrected chi connectivity index (χ2v) is 43.9. The highest BCUT2D eigenvalue weighted by Gasteiger charge is 2.43. The van der Waals surface area contributed by atoms with Crippen LogP contribution < -0.4 is 0 Å². The third kappa shape index (κ3) is 33.9. The minimum Gasteiger partial charge on any atom is -0.381 e. The molecule has 9 aliphatic carbocycles. The van der Waals surface area contributed by atoms with Crippen LogP contribution in [-0.2, 0) is 42.6 Å². The molecular weight excluding hydrogens is 1570 g/mol. The molecule has 18 rings (SSSR count). The molecule has 9 unspecified atom stereocenters. The average molecular weight is 1780 g/mol. The van der Waals surface area contributed by atoms with Crippen LogP contribution in [0.2, 0.25) is 0 Å². The number of ether oxygens (including phenoxy) is 9. The average Bonchev–Trinajstić information content (AvgIpc) is 1.30. The van der Waals surface area contributed by atoms with E-state index in [9.17, 15) is 0 Å². The fraction of sp³-hybridized carbons (Fsp3) is 1.00. The molecule has 0 aromatic heterocycles. The van der Waals surface area contributed by atoms with Crippen molar-refractivity contribution in [3.8, 4) is 0 Å². The SMILES string of the molecule is CCC1CCN(C2CC(OC)C2)C1.CCC1CCN(C2CC(OC)C2)CC1.CCC1CCN(C2CCC(OC)C2)C1.CCC1CCN(C2CCC(OC)C2)CC1.CCC1CCN(C2CCC(OC)CC2)C1.CCC1CCN(C2CCC(OC)CC2)CC1.CCC1CN(C2CC(OC)C2)C1.CCC1CN(C2CCC(OC)C2)C1.CCC1CN(C2CCC(OC)CC2)C1. The Morgan fingerprint density at radius 2 is 0.302 bits per heavy atom. The van der Waals surface area contributed by atoms with E-state index >= 15 is 0 Å². The van der Waals surface area contributed by atoms with Crippen molar-refractivity contribution in [2.24, 2.45) is 53.3 Å². The molecule has 9 saturated heterocycles. The quantitative estimate of drug-likeness (QED) is 0.0777. The molecule has 0 bridgehead atoms. The lowest BCUT2D eigenvalue weighted by Crippen LogP contribution is -2.57. The van der Waals surface area contributed by atoms with Crippen LogP contribution in [-0.4, -0.2) is 335 Å². The summed E-state index contributed by atoms with van der Waals surface area (Å²) >= 11 is 0. The molecule has 9 saturated carbocycles. The lowest BCUT2D eigenvalue weighted by Gasteiger charge is -2.50. The van der Waals surface area contributed by atoms with Gasteiger partial charge in [0, 0.05) is 177 Å². The van der Waals surface area contributed by atoms with Crippen LogP contribution in [0.15, 0.2) is 0 Å². The highest BCUT2D eigenvalue weighted by molar-refractivity contribution is 4.98. The van der Waals surface area contributed by atoms with Crippen LogP contribution in [0.25, 0.3) is 0 Å². The van der Waals surface area contributed by atoms with Crippen LogP contribution >= 0.6 is 0 Å². The van der Waals surface area contributed by atoms with Gasteiger partial charge in [-0.25, -0.2) is 0 Å². The summed E-state index contributed by atoms with van der Waals surface area (Å²) in [7, 11) is 16.6. The number of methoxy groups -OCH3 is 9. The van der Waals surface area contributed by atoms with E-state index < -0.39 is 0 Å². The Bertz CT molecular complexity index is 2530. The van der Waals surface area contributed by atoms with Crippen LogP contribution in [0.3, 0.4) is 0 Å². The molecule has 0 N–H and O–H groups in total. The van der Waals surface area contributed by atoms with Crippen molar-refractivity contribution < 1.29 is 42.6 Å². The maximum atomic E-state index is 5.45. The Morgan fingerprint density at radius 1 is 0.143 bits per heavy atom. The zero-order valence-corrected chi connectivity index (χ0v) is 85.8. The van der Waals surface area contributed by atoms with Gasteiger partial charge >= 0.3 is 0 Å². The molecule has 0 aromatic carbocycles. The fourth-order valence-corrected chi connectivity index (χ4v) is 25.7. The predicted octanol–water partition coefficient (Wildman–Crippen LogP) is 20.6. The lowest BCUT2D eigenvalue weighted by atomic mass is 9.83. The summed E-state index contributed by atoms with van der Waals surface area (Å²) in [6, 6.07) is 7.66. The van der Waals surface area contributed by atoms with Gasteiger partial charge < -0.3 is 67.1 Å². The van der Waals surface area contributed by atoms with Gasteiger partial charge in [0.1, 0.15) is 0 Å². The first kappa shape index (κ1) is 107. The van der Waals surface area contributed by atoms with Crippen LogP contribution in [0, 0.1) is 53.3 Å². The Labute approximate surface area is 778 Å². The molecule has 18 aliphatic rings.